The Morgan fingerprint density at radius 3 is 1.07 bits per heavy atom. The molecule has 2 aliphatic carbocycles. The average Bonchev–Trinajstić information content (AvgIpc) is 1.57. The van der Waals surface area contributed by atoms with Crippen LogP contribution >= 0.6 is 0 Å². The second kappa shape index (κ2) is 18.4. The molecule has 396 valence electrons. The van der Waals surface area contributed by atoms with Gasteiger partial charge < -0.3 is 18.6 Å². The summed E-state index contributed by atoms with van der Waals surface area (Å²) in [6.45, 7) is 0. The fourth-order valence-corrected chi connectivity index (χ4v) is 14.4. The maximum Gasteiger partial charge on any atom is 0.159 e. The molecular weight excluding hydrogens is 1030 g/mol. The molecule has 2 heterocycles. The van der Waals surface area contributed by atoms with E-state index in [4.69, 9.17) is 8.83 Å². The van der Waals surface area contributed by atoms with Crippen molar-refractivity contribution in [2.24, 2.45) is 0 Å². The third kappa shape index (κ3) is 7.09. The van der Waals surface area contributed by atoms with E-state index in [0.717, 1.165) is 99.9 Å². The Morgan fingerprint density at radius 2 is 0.612 bits per heavy atom. The van der Waals surface area contributed by atoms with Crippen LogP contribution in [0.2, 0.25) is 0 Å². The van der Waals surface area contributed by atoms with Crippen molar-refractivity contribution in [3.63, 3.8) is 0 Å². The summed E-state index contributed by atoms with van der Waals surface area (Å²) in [4.78, 5) is 4.74. The zero-order valence-electron chi connectivity index (χ0n) is 46.1. The lowest BCUT2D eigenvalue weighted by Crippen LogP contribution is -2.25. The van der Waals surface area contributed by atoms with Crippen LogP contribution in [-0.4, -0.2) is 0 Å². The van der Waals surface area contributed by atoms with E-state index in [1.165, 1.54) is 66.4 Å². The van der Waals surface area contributed by atoms with E-state index >= 15 is 0 Å². The number of benzene rings is 14. The molecule has 18 rings (SSSR count). The van der Waals surface area contributed by atoms with Crippen molar-refractivity contribution in [1.82, 2.24) is 0 Å². The highest BCUT2D eigenvalue weighted by Gasteiger charge is 2.52. The van der Waals surface area contributed by atoms with Gasteiger partial charge in [0.1, 0.15) is 11.2 Å². The minimum Gasteiger partial charge on any atom is -0.454 e. The van der Waals surface area contributed by atoms with Gasteiger partial charge in [0, 0.05) is 44.3 Å². The van der Waals surface area contributed by atoms with Crippen LogP contribution in [0.5, 0.6) is 0 Å². The van der Waals surface area contributed by atoms with Crippen molar-refractivity contribution in [1.29, 1.82) is 0 Å². The van der Waals surface area contributed by atoms with Crippen molar-refractivity contribution in [2.75, 3.05) is 9.80 Å². The maximum atomic E-state index is 6.81. The van der Waals surface area contributed by atoms with Gasteiger partial charge in [-0.25, -0.2) is 0 Å². The van der Waals surface area contributed by atoms with Gasteiger partial charge >= 0.3 is 0 Å². The lowest BCUT2D eigenvalue weighted by Gasteiger charge is -2.31. The Morgan fingerprint density at radius 1 is 0.235 bits per heavy atom. The number of rotatable bonds is 8. The molecule has 0 aliphatic heterocycles. The SMILES string of the molecule is c1ccc(-c2ccc(N(c3ccc4cc5c(cc4c3)C3(c4ccccc4-c4ccccc43)c3cc4cc(N(c6ccc(-c7ccccc7)cc6)c6cccc7c6oc6ccccc67)ccc4cc3-5)c3cccc4c3oc3ccccc34)cc2)cc1. The fraction of sp³-hybridized carbons (Fsp3) is 0.0123. The predicted octanol–water partition coefficient (Wildman–Crippen LogP) is 22.4. The van der Waals surface area contributed by atoms with Crippen LogP contribution in [0.3, 0.4) is 0 Å². The smallest absolute Gasteiger partial charge is 0.159 e. The van der Waals surface area contributed by atoms with Gasteiger partial charge in [-0.05, 0) is 185 Å². The van der Waals surface area contributed by atoms with Gasteiger partial charge in [-0.1, -0.05) is 206 Å². The first-order chi connectivity index (χ1) is 42.1. The summed E-state index contributed by atoms with van der Waals surface area (Å²) in [5.74, 6) is 0. The lowest BCUT2D eigenvalue weighted by molar-refractivity contribution is 0.668. The number of anilines is 6. The highest BCUT2D eigenvalue weighted by molar-refractivity contribution is 6.13. The Kier molecular flexibility index (Phi) is 10.3. The molecule has 1 spiro atoms. The second-order valence-electron chi connectivity index (χ2n) is 22.7. The normalized spacial score (nSPS) is 12.8. The molecular formula is C81H50N2O2. The number of hydrogen-bond donors (Lipinski definition) is 0. The summed E-state index contributed by atoms with van der Waals surface area (Å²) < 4.78 is 13.6. The molecule has 14 aromatic carbocycles. The molecule has 0 amide bonds. The van der Waals surface area contributed by atoms with E-state index in [9.17, 15) is 0 Å². The molecule has 2 aromatic heterocycles. The van der Waals surface area contributed by atoms with Gasteiger partial charge in [0.2, 0.25) is 0 Å². The predicted molar refractivity (Wildman–Crippen MR) is 353 cm³/mol. The first kappa shape index (κ1) is 47.4. The van der Waals surface area contributed by atoms with Crippen LogP contribution in [0.1, 0.15) is 22.3 Å². The van der Waals surface area contributed by atoms with E-state index in [1.807, 2.05) is 12.1 Å². The first-order valence-corrected chi connectivity index (χ1v) is 29.2. The zero-order chi connectivity index (χ0) is 55.7. The summed E-state index contributed by atoms with van der Waals surface area (Å²) in [5.41, 5.74) is 23.9. The Labute approximate surface area is 490 Å². The minimum absolute atomic E-state index is 0.605. The molecule has 85 heavy (non-hydrogen) atoms. The largest absolute Gasteiger partial charge is 0.454 e. The van der Waals surface area contributed by atoms with Crippen molar-refractivity contribution < 1.29 is 8.83 Å². The van der Waals surface area contributed by atoms with Crippen LogP contribution < -0.4 is 9.80 Å². The zero-order valence-corrected chi connectivity index (χ0v) is 46.1. The van der Waals surface area contributed by atoms with Crippen molar-refractivity contribution in [2.45, 2.75) is 5.41 Å². The van der Waals surface area contributed by atoms with Gasteiger partial charge in [0.05, 0.1) is 16.8 Å². The number of nitrogens with zero attached hydrogens (tertiary/aromatic N) is 2. The van der Waals surface area contributed by atoms with E-state index in [0.29, 0.717) is 0 Å². The van der Waals surface area contributed by atoms with E-state index < -0.39 is 5.41 Å². The summed E-state index contributed by atoms with van der Waals surface area (Å²) >= 11 is 0. The standard InChI is InChI=1S/C81H50N2O2/c1-3-17-51(18-4-1)53-33-39-59(40-34-53)82(75-29-15-25-67-65-23-9-13-31-77(65)84-79(67)75)61-43-37-55-47-69-70-48-56-38-44-62(46-58(56)50-74(70)81(73(69)49-57(55)45-61)71-27-11-7-21-63(71)64-22-8-12-28-72(64)81)83(60-41-35-54(36-42-60)52-19-5-2-6-20-52)76-30-16-26-68-66-24-10-14-32-78(66)85-80(68)76/h1-50H. The number of para-hydroxylation sites is 4. The quantitative estimate of drug-likeness (QED) is 0.152. The molecule has 0 unspecified atom stereocenters. The molecule has 0 saturated heterocycles. The Balaban J connectivity index is 0.837. The van der Waals surface area contributed by atoms with Crippen LogP contribution in [-0.2, 0) is 5.41 Å². The molecule has 4 heteroatoms. The highest BCUT2D eigenvalue weighted by atomic mass is 16.3. The Bertz CT molecular complexity index is 5030. The van der Waals surface area contributed by atoms with Gasteiger partial charge in [-0.15, -0.1) is 0 Å². The van der Waals surface area contributed by atoms with Gasteiger partial charge in [0.25, 0.3) is 0 Å². The van der Waals surface area contributed by atoms with Crippen LogP contribution in [0.15, 0.2) is 312 Å². The molecule has 16 aromatic rings. The molecule has 2 aliphatic rings. The molecule has 0 N–H and O–H groups in total. The number of furan rings is 2. The summed E-state index contributed by atoms with van der Waals surface area (Å²) in [5, 5.41) is 9.05. The minimum atomic E-state index is -0.605. The second-order valence-corrected chi connectivity index (χ2v) is 22.7. The van der Waals surface area contributed by atoms with Crippen molar-refractivity contribution >= 4 is 99.5 Å². The summed E-state index contributed by atoms with van der Waals surface area (Å²) in [6.07, 6.45) is 0. The lowest BCUT2D eigenvalue weighted by atomic mass is 9.70. The van der Waals surface area contributed by atoms with Gasteiger partial charge in [-0.3, -0.25) is 0 Å². The maximum absolute atomic E-state index is 6.81. The van der Waals surface area contributed by atoms with Crippen molar-refractivity contribution in [3.8, 4) is 44.5 Å². The topological polar surface area (TPSA) is 32.8 Å². The molecule has 0 saturated carbocycles. The molecule has 4 nitrogen and oxygen atoms in total. The number of hydrogen-bond acceptors (Lipinski definition) is 4. The van der Waals surface area contributed by atoms with E-state index in [1.54, 1.807) is 0 Å². The van der Waals surface area contributed by atoms with Crippen LogP contribution in [0.4, 0.5) is 34.1 Å². The average molecular weight is 1080 g/mol. The third-order valence-corrected chi connectivity index (χ3v) is 18.2. The monoisotopic (exact) mass is 1080 g/mol. The third-order valence-electron chi connectivity index (χ3n) is 18.2. The van der Waals surface area contributed by atoms with Gasteiger partial charge in [0.15, 0.2) is 11.2 Å². The van der Waals surface area contributed by atoms with Gasteiger partial charge in [-0.2, -0.15) is 0 Å². The van der Waals surface area contributed by atoms with Crippen LogP contribution in [0, 0.1) is 0 Å². The molecule has 0 fully saturated rings. The first-order valence-electron chi connectivity index (χ1n) is 29.2. The van der Waals surface area contributed by atoms with E-state index in [-0.39, 0.29) is 0 Å². The molecule has 0 radical (unpaired) electrons. The molecule has 0 atom stereocenters. The van der Waals surface area contributed by atoms with Crippen molar-refractivity contribution in [3.05, 3.63) is 326 Å². The summed E-state index contributed by atoms with van der Waals surface area (Å²) in [7, 11) is 0. The van der Waals surface area contributed by atoms with Crippen LogP contribution in [0.25, 0.3) is 110 Å². The number of fused-ring (bicyclic) bond motifs is 18. The Hall–Kier alpha value is -11.2. The highest BCUT2D eigenvalue weighted by Crippen LogP contribution is 2.64. The van der Waals surface area contributed by atoms with E-state index in [2.05, 4.69) is 301 Å². The molecule has 0 bridgehead atoms. The fourth-order valence-electron chi connectivity index (χ4n) is 14.4. The summed E-state index contributed by atoms with van der Waals surface area (Å²) in [6, 6.07) is 111.